The van der Waals surface area contributed by atoms with Crippen molar-refractivity contribution in [1.29, 1.82) is 0 Å². The van der Waals surface area contributed by atoms with Crippen LogP contribution in [0.3, 0.4) is 0 Å². The molecule has 3 heteroatoms. The fourth-order valence-electron chi connectivity index (χ4n) is 11.8. The van der Waals surface area contributed by atoms with Gasteiger partial charge < -0.3 is 24.8 Å². The molecule has 0 nitrogen and oxygen atoms in total. The molecule has 0 N–H and O–H groups in total. The fourth-order valence-corrected chi connectivity index (χ4v) is 21.8. The number of rotatable bonds is 6. The predicted octanol–water partition coefficient (Wildman–Crippen LogP) is 7.06. The van der Waals surface area contributed by atoms with E-state index in [4.69, 9.17) is 0 Å². The second kappa shape index (κ2) is 14.3. The van der Waals surface area contributed by atoms with Crippen molar-refractivity contribution in [2.45, 2.75) is 128 Å². The molecule has 3 aromatic rings. The van der Waals surface area contributed by atoms with Crippen LogP contribution in [-0.4, -0.2) is 3.21 Å². The van der Waals surface area contributed by atoms with E-state index >= 15 is 0 Å². The molecule has 4 saturated carbocycles. The topological polar surface area (TPSA) is 0 Å². The molecule has 0 radical (unpaired) electrons. The van der Waals surface area contributed by atoms with E-state index in [1.807, 2.05) is 3.28 Å². The molecule has 4 bridgehead atoms. The number of benzene rings is 3. The Bertz CT molecular complexity index is 1790. The first-order valence-electron chi connectivity index (χ1n) is 19.7. The summed E-state index contributed by atoms with van der Waals surface area (Å²) in [4.78, 5) is 0. The molecule has 3 aromatic carbocycles. The first-order chi connectivity index (χ1) is 23.2. The molecule has 6 aliphatic rings. The Kier molecular flexibility index (Phi) is 11.0. The van der Waals surface area contributed by atoms with E-state index in [2.05, 4.69) is 135 Å². The van der Waals surface area contributed by atoms with Gasteiger partial charge in [0.1, 0.15) is 0 Å². The van der Waals surface area contributed by atoms with Crippen LogP contribution in [0.2, 0.25) is 0 Å². The van der Waals surface area contributed by atoms with E-state index in [9.17, 15) is 0 Å². The first-order valence-corrected chi connectivity index (χ1v) is 23.6. The third-order valence-electron chi connectivity index (χ3n) is 13.6. The zero-order valence-electron chi connectivity index (χ0n) is 32.7. The summed E-state index contributed by atoms with van der Waals surface area (Å²) in [5, 5.41) is 0. The van der Waals surface area contributed by atoms with Crippen molar-refractivity contribution in [3.63, 3.8) is 0 Å². The summed E-state index contributed by atoms with van der Waals surface area (Å²) in [6.45, 7) is 22.0. The molecule has 0 aromatic heterocycles. The molecular formula is C48H60Cl2Zr. The molecule has 1 unspecified atom stereocenters. The van der Waals surface area contributed by atoms with Gasteiger partial charge in [0, 0.05) is 0 Å². The fraction of sp³-hybridized carbons (Fsp3) is 0.521. The SMILES string of the molecule is CC/[C](c1ccccc1)=[Zr+2](/[C]1=C(C)C(CC23CC4CC(CC(C4)C2)C3)=CC1C)[CH]1c2cc(C(C)(C)C)ccc2-c2ccc(C(C)(C)C)cc21.[Cl-].[Cl-]. The third kappa shape index (κ3) is 6.98. The summed E-state index contributed by atoms with van der Waals surface area (Å²) in [7, 11) is 0. The maximum Gasteiger partial charge on any atom is -1.00 e. The van der Waals surface area contributed by atoms with Crippen LogP contribution in [0, 0.1) is 29.1 Å². The number of fused-ring (bicyclic) bond motifs is 3. The second-order valence-electron chi connectivity index (χ2n) is 19.3. The average molecular weight is 799 g/mol. The molecule has 0 aliphatic heterocycles. The minimum absolute atomic E-state index is 0. The standard InChI is InChI=1S/C21H25.C18H25.C9H10.2ClH.Zr/c1-20(2,3)16-7-9-18-14(12-16)11-15-13-17(21(4,5)6)8-10-19(15)18;1-12-3-13(2)17(4-12)11-18-8-14-5-15(9-18)7-16(6-14)10-18;1-2-6-9-7-4-3-5-8-9;;;/h7-13H,1-6H3;4,12,14-16H,5-11H2,1-2H3;3-5,7-8H,2H2,1H3;2*1H;/q;;;;;+2/p-2. The largest absolute Gasteiger partial charge is 1.00 e. The van der Waals surface area contributed by atoms with Crippen LogP contribution in [0.15, 0.2) is 87.2 Å². The van der Waals surface area contributed by atoms with Gasteiger partial charge in [0.05, 0.1) is 0 Å². The smallest absolute Gasteiger partial charge is 1.00 e. The number of hydrogen-bond acceptors (Lipinski definition) is 0. The maximum atomic E-state index is 2.79. The Balaban J connectivity index is 0.00000224. The minimum Gasteiger partial charge on any atom is -1.00 e. The summed E-state index contributed by atoms with van der Waals surface area (Å²) in [5.41, 5.74) is 15.0. The molecule has 0 spiro atoms. The van der Waals surface area contributed by atoms with Gasteiger partial charge >= 0.3 is 308 Å². The van der Waals surface area contributed by atoms with Crippen molar-refractivity contribution in [3.05, 3.63) is 115 Å². The van der Waals surface area contributed by atoms with Crippen LogP contribution in [0.25, 0.3) is 11.1 Å². The van der Waals surface area contributed by atoms with E-state index < -0.39 is 21.3 Å². The zero-order valence-corrected chi connectivity index (χ0v) is 36.7. The Morgan fingerprint density at radius 2 is 1.22 bits per heavy atom. The van der Waals surface area contributed by atoms with Crippen molar-refractivity contribution < 1.29 is 46.1 Å². The third-order valence-corrected chi connectivity index (χ3v) is 23.2. The summed E-state index contributed by atoms with van der Waals surface area (Å²) >= 11 is -2.69. The van der Waals surface area contributed by atoms with Gasteiger partial charge in [-0.2, -0.15) is 0 Å². The molecule has 4 fully saturated rings. The molecule has 6 aliphatic carbocycles. The molecule has 0 saturated heterocycles. The van der Waals surface area contributed by atoms with E-state index in [1.165, 1.54) is 72.8 Å². The van der Waals surface area contributed by atoms with Gasteiger partial charge in [-0.15, -0.1) is 0 Å². The molecular weight excluding hydrogens is 739 g/mol. The van der Waals surface area contributed by atoms with Gasteiger partial charge in [0.2, 0.25) is 0 Å². The number of hydrogen-bond donors (Lipinski definition) is 0. The number of allylic oxidation sites excluding steroid dienone is 4. The van der Waals surface area contributed by atoms with Crippen molar-refractivity contribution >= 4 is 3.21 Å². The van der Waals surface area contributed by atoms with Crippen LogP contribution in [-0.2, 0) is 32.1 Å². The van der Waals surface area contributed by atoms with Crippen LogP contribution in [0.5, 0.6) is 0 Å². The summed E-state index contributed by atoms with van der Waals surface area (Å²) in [6.07, 6.45) is 14.4. The summed E-state index contributed by atoms with van der Waals surface area (Å²) < 4.78 is 4.19. The van der Waals surface area contributed by atoms with Gasteiger partial charge in [-0.1, -0.05) is 0 Å². The van der Waals surface area contributed by atoms with Crippen LogP contribution >= 0.6 is 0 Å². The maximum absolute atomic E-state index is 2.79. The van der Waals surface area contributed by atoms with E-state index in [-0.39, 0.29) is 35.6 Å². The van der Waals surface area contributed by atoms with Gasteiger partial charge in [0.25, 0.3) is 0 Å². The molecule has 1 atom stereocenters. The Morgan fingerprint density at radius 1 is 0.725 bits per heavy atom. The van der Waals surface area contributed by atoms with Crippen molar-refractivity contribution in [2.75, 3.05) is 0 Å². The van der Waals surface area contributed by atoms with Gasteiger partial charge in [0.15, 0.2) is 0 Å². The normalized spacial score (nSPS) is 26.7. The van der Waals surface area contributed by atoms with Gasteiger partial charge in [-0.25, -0.2) is 0 Å². The van der Waals surface area contributed by atoms with E-state index in [1.54, 1.807) is 25.5 Å². The quantitative estimate of drug-likeness (QED) is 0.251. The van der Waals surface area contributed by atoms with Gasteiger partial charge in [-0.05, 0) is 0 Å². The molecule has 0 amide bonds. The molecule has 9 rings (SSSR count). The van der Waals surface area contributed by atoms with E-state index in [0.29, 0.717) is 15.0 Å². The summed E-state index contributed by atoms with van der Waals surface area (Å²) in [6, 6.07) is 26.8. The van der Waals surface area contributed by atoms with Crippen LogP contribution in [0.1, 0.15) is 145 Å². The first kappa shape index (κ1) is 39.2. The molecule has 270 valence electrons. The van der Waals surface area contributed by atoms with Crippen LogP contribution < -0.4 is 24.8 Å². The number of halogens is 2. The monoisotopic (exact) mass is 796 g/mol. The molecule has 0 heterocycles. The van der Waals surface area contributed by atoms with Crippen molar-refractivity contribution in [2.24, 2.45) is 29.1 Å². The second-order valence-corrected chi connectivity index (χ2v) is 25.5. The average Bonchev–Trinajstić information content (AvgIpc) is 3.50. The Hall–Kier alpha value is -1.53. The minimum atomic E-state index is -2.69. The molecule has 51 heavy (non-hydrogen) atoms. The predicted molar refractivity (Wildman–Crippen MR) is 207 cm³/mol. The summed E-state index contributed by atoms with van der Waals surface area (Å²) in [5.74, 6) is 3.57. The Morgan fingerprint density at radius 3 is 1.67 bits per heavy atom. The zero-order chi connectivity index (χ0) is 34.5. The van der Waals surface area contributed by atoms with E-state index in [0.717, 1.165) is 24.2 Å². The van der Waals surface area contributed by atoms with Gasteiger partial charge in [-0.3, -0.25) is 0 Å². The van der Waals surface area contributed by atoms with Crippen molar-refractivity contribution in [1.82, 2.24) is 0 Å². The van der Waals surface area contributed by atoms with Crippen LogP contribution in [0.4, 0.5) is 0 Å². The Labute approximate surface area is 330 Å². The van der Waals surface area contributed by atoms with Crippen molar-refractivity contribution in [3.8, 4) is 11.1 Å².